The van der Waals surface area contributed by atoms with Crippen LogP contribution in [0.2, 0.25) is 0 Å². The maximum Gasteiger partial charge on any atom is 0.170 e. The van der Waals surface area contributed by atoms with Crippen molar-refractivity contribution in [2.24, 2.45) is 0 Å². The normalized spacial score (nSPS) is 13.7. The minimum absolute atomic E-state index is 0.230. The van der Waals surface area contributed by atoms with Gasteiger partial charge < -0.3 is 19.7 Å². The third-order valence-corrected chi connectivity index (χ3v) is 7.47. The molecular weight excluding hydrogens is 464 g/mol. The fourth-order valence-corrected chi connectivity index (χ4v) is 5.23. The number of aliphatic hydroxyl groups excluding tert-OH is 2. The molecular formula is C28H34O4S2. The minimum atomic E-state index is -0.611. The van der Waals surface area contributed by atoms with E-state index in [2.05, 4.69) is 24.3 Å². The highest BCUT2D eigenvalue weighted by atomic mass is 32.2. The molecule has 3 rings (SSSR count). The molecule has 2 N–H and O–H groups in total. The number of aryl methyl sites for hydroxylation is 2. The van der Waals surface area contributed by atoms with E-state index < -0.39 is 12.2 Å². The third-order valence-electron chi connectivity index (χ3n) is 5.10. The number of thioether (sulfide) groups is 2. The van der Waals surface area contributed by atoms with Crippen LogP contribution < -0.4 is 9.47 Å². The lowest BCUT2D eigenvalue weighted by molar-refractivity contribution is 0.101. The first-order valence-electron chi connectivity index (χ1n) is 11.6. The molecule has 0 heterocycles. The summed E-state index contributed by atoms with van der Waals surface area (Å²) in [5.41, 5.74) is 2.21. The molecule has 0 fully saturated rings. The van der Waals surface area contributed by atoms with E-state index in [4.69, 9.17) is 9.47 Å². The Hall–Kier alpha value is -2.12. The van der Waals surface area contributed by atoms with Crippen LogP contribution in [0.1, 0.15) is 18.1 Å². The predicted molar refractivity (Wildman–Crippen MR) is 144 cm³/mol. The first-order valence-corrected chi connectivity index (χ1v) is 13.8. The fourth-order valence-electron chi connectivity index (χ4n) is 3.28. The number of benzene rings is 3. The van der Waals surface area contributed by atoms with Crippen molar-refractivity contribution >= 4 is 23.5 Å². The first-order chi connectivity index (χ1) is 16.6. The van der Waals surface area contributed by atoms with Crippen LogP contribution in [0.15, 0.2) is 84.9 Å². The molecule has 3 aromatic rings. The second kappa shape index (κ2) is 15.0. The monoisotopic (exact) mass is 498 g/mol. The van der Waals surface area contributed by atoms with Gasteiger partial charge in [-0.15, -0.1) is 11.8 Å². The van der Waals surface area contributed by atoms with Crippen molar-refractivity contribution in [2.45, 2.75) is 37.4 Å². The van der Waals surface area contributed by atoms with Gasteiger partial charge in [0.15, 0.2) is 5.44 Å². The Morgan fingerprint density at radius 3 is 2.03 bits per heavy atom. The van der Waals surface area contributed by atoms with E-state index in [1.54, 1.807) is 30.4 Å². The van der Waals surface area contributed by atoms with Crippen molar-refractivity contribution in [2.75, 3.05) is 23.9 Å². The van der Waals surface area contributed by atoms with Crippen LogP contribution in [0.5, 0.6) is 11.5 Å². The SMILES string of the molecule is CC(O)C(Oc1cccc(OCC(O)CSCCc2ccccc2)c1)SCCc1ccccc1. The van der Waals surface area contributed by atoms with Gasteiger partial charge in [-0.3, -0.25) is 0 Å². The summed E-state index contributed by atoms with van der Waals surface area (Å²) in [6.45, 7) is 1.97. The van der Waals surface area contributed by atoms with E-state index in [1.807, 2.05) is 60.7 Å². The Morgan fingerprint density at radius 1 is 0.765 bits per heavy atom. The molecule has 0 bridgehead atoms. The molecule has 182 valence electrons. The van der Waals surface area contributed by atoms with E-state index in [0.717, 1.165) is 24.3 Å². The van der Waals surface area contributed by atoms with Crippen LogP contribution in [0.25, 0.3) is 0 Å². The Balaban J connectivity index is 1.39. The van der Waals surface area contributed by atoms with Gasteiger partial charge in [0.05, 0.1) is 12.2 Å². The average Bonchev–Trinajstić information content (AvgIpc) is 2.86. The van der Waals surface area contributed by atoms with E-state index >= 15 is 0 Å². The zero-order chi connectivity index (χ0) is 24.0. The van der Waals surface area contributed by atoms with E-state index in [0.29, 0.717) is 17.3 Å². The predicted octanol–water partition coefficient (Wildman–Crippen LogP) is 5.46. The number of ether oxygens (including phenoxy) is 2. The summed E-state index contributed by atoms with van der Waals surface area (Å²) in [7, 11) is 0. The molecule has 0 aliphatic heterocycles. The topological polar surface area (TPSA) is 58.9 Å². The maximum absolute atomic E-state index is 10.3. The Labute approximate surface area is 211 Å². The van der Waals surface area contributed by atoms with Gasteiger partial charge in [0.2, 0.25) is 0 Å². The number of hydrogen-bond acceptors (Lipinski definition) is 6. The van der Waals surface area contributed by atoms with E-state index in [1.165, 1.54) is 11.1 Å². The van der Waals surface area contributed by atoms with E-state index in [-0.39, 0.29) is 12.0 Å². The van der Waals surface area contributed by atoms with Crippen LogP contribution in [-0.2, 0) is 12.8 Å². The van der Waals surface area contributed by atoms with Crippen molar-refractivity contribution in [1.29, 1.82) is 0 Å². The highest BCUT2D eigenvalue weighted by molar-refractivity contribution is 7.99. The summed E-state index contributed by atoms with van der Waals surface area (Å²) in [5.74, 6) is 3.73. The number of rotatable bonds is 15. The van der Waals surface area contributed by atoms with Crippen LogP contribution in [0, 0.1) is 0 Å². The fraction of sp³-hybridized carbons (Fsp3) is 0.357. The highest BCUT2D eigenvalue weighted by Crippen LogP contribution is 2.26. The quantitative estimate of drug-likeness (QED) is 0.214. The summed E-state index contributed by atoms with van der Waals surface area (Å²) in [4.78, 5) is 0. The van der Waals surface area contributed by atoms with Gasteiger partial charge in [-0.05, 0) is 48.8 Å². The molecule has 0 radical (unpaired) electrons. The summed E-state index contributed by atoms with van der Waals surface area (Å²) in [6.07, 6.45) is 0.763. The lowest BCUT2D eigenvalue weighted by Crippen LogP contribution is -2.26. The molecule has 34 heavy (non-hydrogen) atoms. The molecule has 0 saturated carbocycles. The molecule has 0 amide bonds. The molecule has 0 aliphatic carbocycles. The summed E-state index contributed by atoms with van der Waals surface area (Å²) in [5, 5.41) is 20.5. The van der Waals surface area contributed by atoms with Crippen LogP contribution in [0.4, 0.5) is 0 Å². The number of hydrogen-bond donors (Lipinski definition) is 2. The standard InChI is InChI=1S/C28H34O4S2/c1-22(29)28(34-18-16-24-11-6-3-7-12-24)32-27-14-8-13-26(19-27)31-20-25(30)21-33-17-15-23-9-4-2-5-10-23/h2-14,19,22,25,28-30H,15-18,20-21H2,1H3. The van der Waals surface area contributed by atoms with Crippen molar-refractivity contribution in [3.63, 3.8) is 0 Å². The van der Waals surface area contributed by atoms with Gasteiger partial charge in [-0.2, -0.15) is 11.8 Å². The molecule has 4 nitrogen and oxygen atoms in total. The molecule has 3 atom stereocenters. The molecule has 0 spiro atoms. The summed E-state index contributed by atoms with van der Waals surface area (Å²) < 4.78 is 11.8. The van der Waals surface area contributed by atoms with Gasteiger partial charge in [-0.1, -0.05) is 66.7 Å². The van der Waals surface area contributed by atoms with Crippen LogP contribution >= 0.6 is 23.5 Å². The van der Waals surface area contributed by atoms with Crippen molar-refractivity contribution in [3.05, 3.63) is 96.1 Å². The first kappa shape index (κ1) is 26.5. The van der Waals surface area contributed by atoms with Gasteiger partial charge in [0.25, 0.3) is 0 Å². The zero-order valence-corrected chi connectivity index (χ0v) is 21.2. The average molecular weight is 499 g/mol. The molecule has 3 aromatic carbocycles. The second-order valence-electron chi connectivity index (χ2n) is 8.08. The minimum Gasteiger partial charge on any atom is -0.491 e. The van der Waals surface area contributed by atoms with Crippen LogP contribution in [0.3, 0.4) is 0 Å². The number of aliphatic hydroxyl groups is 2. The largest absolute Gasteiger partial charge is 0.491 e. The molecule has 0 aliphatic rings. The Morgan fingerprint density at radius 2 is 1.38 bits per heavy atom. The van der Waals surface area contributed by atoms with Gasteiger partial charge in [0.1, 0.15) is 18.1 Å². The lowest BCUT2D eigenvalue weighted by Gasteiger charge is -2.21. The lowest BCUT2D eigenvalue weighted by atomic mass is 10.2. The Bertz CT molecular complexity index is 937. The van der Waals surface area contributed by atoms with Crippen molar-refractivity contribution in [1.82, 2.24) is 0 Å². The zero-order valence-electron chi connectivity index (χ0n) is 19.6. The summed E-state index contributed by atoms with van der Waals surface area (Å²) >= 11 is 3.32. The molecule has 0 aromatic heterocycles. The molecule has 6 heteroatoms. The third kappa shape index (κ3) is 10.0. The second-order valence-corrected chi connectivity index (χ2v) is 10.4. The summed E-state index contributed by atoms with van der Waals surface area (Å²) in [6, 6.07) is 28.0. The van der Waals surface area contributed by atoms with Gasteiger partial charge in [-0.25, -0.2) is 0 Å². The Kier molecular flexibility index (Phi) is 11.7. The molecule has 3 unspecified atom stereocenters. The maximum atomic E-state index is 10.3. The van der Waals surface area contributed by atoms with Crippen molar-refractivity contribution in [3.8, 4) is 11.5 Å². The van der Waals surface area contributed by atoms with E-state index in [9.17, 15) is 10.2 Å². The molecule has 0 saturated heterocycles. The smallest absolute Gasteiger partial charge is 0.170 e. The van der Waals surface area contributed by atoms with Gasteiger partial charge in [0, 0.05) is 17.6 Å². The van der Waals surface area contributed by atoms with Gasteiger partial charge >= 0.3 is 0 Å². The highest BCUT2D eigenvalue weighted by Gasteiger charge is 2.18. The van der Waals surface area contributed by atoms with Crippen molar-refractivity contribution < 1.29 is 19.7 Å². The van der Waals surface area contributed by atoms with Crippen LogP contribution in [-0.4, -0.2) is 51.7 Å².